The monoisotopic (exact) mass is 522 g/mol. The van der Waals surface area contributed by atoms with Gasteiger partial charge < -0.3 is 23.7 Å². The molecule has 1 aliphatic heterocycles. The summed E-state index contributed by atoms with van der Waals surface area (Å²) in [6, 6.07) is 8.26. The van der Waals surface area contributed by atoms with Gasteiger partial charge in [0, 0.05) is 18.6 Å². The van der Waals surface area contributed by atoms with E-state index in [9.17, 15) is 24.3 Å². The third-order valence-electron chi connectivity index (χ3n) is 8.67. The molecule has 0 amide bonds. The number of hydrogen-bond acceptors (Lipinski definition) is 8. The number of benzene rings is 1. The van der Waals surface area contributed by atoms with Gasteiger partial charge in [0.25, 0.3) is 0 Å². The van der Waals surface area contributed by atoms with Gasteiger partial charge in [-0.15, -0.1) is 0 Å². The highest BCUT2D eigenvalue weighted by molar-refractivity contribution is 6.03. The van der Waals surface area contributed by atoms with Gasteiger partial charge in [0.05, 0.1) is 36.5 Å². The number of fused-ring (bicyclic) bond motifs is 3. The lowest BCUT2D eigenvalue weighted by atomic mass is 9.44. The van der Waals surface area contributed by atoms with Crippen LogP contribution < -0.4 is 0 Å². The molecule has 0 spiro atoms. The van der Waals surface area contributed by atoms with Crippen LogP contribution in [0.3, 0.4) is 0 Å². The predicted octanol–water partition coefficient (Wildman–Crippen LogP) is 4.48. The topological polar surface area (TPSA) is 129 Å². The maximum atomic E-state index is 14.1. The van der Waals surface area contributed by atoms with Gasteiger partial charge in [-0.05, 0) is 59.9 Å². The van der Waals surface area contributed by atoms with Crippen molar-refractivity contribution in [2.24, 2.45) is 28.6 Å². The number of carbonyl (C=O) groups excluding carboxylic acids is 3. The molecule has 0 unspecified atom stereocenters. The van der Waals surface area contributed by atoms with E-state index in [1.165, 1.54) is 18.6 Å². The Morgan fingerprint density at radius 2 is 1.84 bits per heavy atom. The van der Waals surface area contributed by atoms with E-state index in [0.717, 1.165) is 5.56 Å². The molecular formula is C29H30O9. The quantitative estimate of drug-likeness (QED) is 0.546. The number of rotatable bonds is 6. The van der Waals surface area contributed by atoms with Gasteiger partial charge in [-0.1, -0.05) is 26.0 Å². The van der Waals surface area contributed by atoms with E-state index in [4.69, 9.17) is 18.6 Å². The van der Waals surface area contributed by atoms with Crippen molar-refractivity contribution in [1.29, 1.82) is 0 Å². The van der Waals surface area contributed by atoms with Crippen molar-refractivity contribution >= 4 is 23.7 Å². The molecule has 9 nitrogen and oxygen atoms in total. The molecule has 0 bridgehead atoms. The molecule has 1 N–H and O–H groups in total. The number of carbonyl (C=O) groups is 4. The zero-order chi connectivity index (χ0) is 27.2. The molecule has 1 saturated heterocycles. The number of Topliss-reactive ketones (excluding diaryl/α,β-unsaturated/α-hetero) is 1. The van der Waals surface area contributed by atoms with E-state index in [1.54, 1.807) is 44.4 Å². The Morgan fingerprint density at radius 3 is 2.47 bits per heavy atom. The zero-order valence-electron chi connectivity index (χ0n) is 21.5. The van der Waals surface area contributed by atoms with Crippen LogP contribution in [0.15, 0.2) is 59.1 Å². The van der Waals surface area contributed by atoms with E-state index in [0.29, 0.717) is 31.4 Å². The van der Waals surface area contributed by atoms with Crippen molar-refractivity contribution in [2.75, 3.05) is 7.11 Å². The Hall–Kier alpha value is -3.72. The maximum Gasteiger partial charge on any atom is 0.343 e. The van der Waals surface area contributed by atoms with Gasteiger partial charge in [0.2, 0.25) is 5.78 Å². The number of carboxylic acid groups (broad SMARTS) is 1. The van der Waals surface area contributed by atoms with Crippen molar-refractivity contribution < 1.29 is 42.9 Å². The van der Waals surface area contributed by atoms with E-state index in [2.05, 4.69) is 0 Å². The van der Waals surface area contributed by atoms with Gasteiger partial charge in [-0.25, -0.2) is 4.79 Å². The molecule has 38 heavy (non-hydrogen) atoms. The average Bonchev–Trinajstić information content (AvgIpc) is 3.40. The number of cyclic esters (lactones) is 1. The molecule has 200 valence electrons. The summed E-state index contributed by atoms with van der Waals surface area (Å²) < 4.78 is 21.6. The molecule has 5 rings (SSSR count). The van der Waals surface area contributed by atoms with E-state index < -0.39 is 58.4 Å². The van der Waals surface area contributed by atoms with Crippen LogP contribution >= 0.6 is 0 Å². The van der Waals surface area contributed by atoms with Crippen LogP contribution in [0.2, 0.25) is 0 Å². The molecule has 9 heteroatoms. The predicted molar refractivity (Wildman–Crippen MR) is 131 cm³/mol. The number of ether oxygens (including phenoxy) is 3. The molecule has 2 aromatic rings. The Labute approximate surface area is 219 Å². The van der Waals surface area contributed by atoms with Crippen molar-refractivity contribution in [3.05, 3.63) is 71.4 Å². The highest BCUT2D eigenvalue weighted by atomic mass is 16.5. The summed E-state index contributed by atoms with van der Waals surface area (Å²) in [7, 11) is 1.57. The highest BCUT2D eigenvalue weighted by Crippen LogP contribution is 2.64. The first-order chi connectivity index (χ1) is 18.1. The van der Waals surface area contributed by atoms with Crippen molar-refractivity contribution in [3.63, 3.8) is 0 Å². The summed E-state index contributed by atoms with van der Waals surface area (Å²) in [5.41, 5.74) is -0.167. The number of hydrogen-bond donors (Lipinski definition) is 1. The van der Waals surface area contributed by atoms with Crippen LogP contribution in [0.1, 0.15) is 60.7 Å². The van der Waals surface area contributed by atoms with Gasteiger partial charge in [-0.3, -0.25) is 14.4 Å². The zero-order valence-corrected chi connectivity index (χ0v) is 21.5. The molecule has 2 fully saturated rings. The second kappa shape index (κ2) is 9.54. The third kappa shape index (κ3) is 4.15. The van der Waals surface area contributed by atoms with Crippen LogP contribution in [0.4, 0.5) is 0 Å². The second-order valence-electron chi connectivity index (χ2n) is 11.0. The minimum absolute atomic E-state index is 0.216. The molecule has 3 aliphatic rings. The summed E-state index contributed by atoms with van der Waals surface area (Å²) in [5.74, 6) is -5.63. The lowest BCUT2D eigenvalue weighted by Gasteiger charge is -2.59. The Kier molecular flexibility index (Phi) is 6.51. The number of furan rings is 1. The van der Waals surface area contributed by atoms with Gasteiger partial charge >= 0.3 is 17.9 Å². The van der Waals surface area contributed by atoms with Gasteiger partial charge in [0.1, 0.15) is 6.10 Å². The summed E-state index contributed by atoms with van der Waals surface area (Å²) in [6.07, 6.45) is 4.65. The van der Waals surface area contributed by atoms with E-state index in [1.807, 2.05) is 6.92 Å². The van der Waals surface area contributed by atoms with Gasteiger partial charge in [-0.2, -0.15) is 0 Å². The molecule has 2 aliphatic carbocycles. The van der Waals surface area contributed by atoms with Crippen LogP contribution in [0, 0.1) is 28.6 Å². The number of methoxy groups -OCH3 is 1. The maximum absolute atomic E-state index is 14.1. The molecule has 1 aromatic carbocycles. The van der Waals surface area contributed by atoms with Gasteiger partial charge in [0.15, 0.2) is 5.76 Å². The average molecular weight is 523 g/mol. The second-order valence-corrected chi connectivity index (χ2v) is 11.0. The van der Waals surface area contributed by atoms with Crippen LogP contribution in [0.25, 0.3) is 0 Å². The smallest absolute Gasteiger partial charge is 0.343 e. The number of allylic oxidation sites excluding steroid dienone is 1. The first-order valence-corrected chi connectivity index (χ1v) is 12.6. The molecule has 0 radical (unpaired) electrons. The molecule has 1 aromatic heterocycles. The molecule has 6 atom stereocenters. The third-order valence-corrected chi connectivity index (χ3v) is 8.67. The standard InChI is InChI=1S/C29H30O9/c1-28-10-8-19-27(34)38-22(18-9-11-36-15-18)13-29(19,2)24(28)23(30)21(12-20(28)25(31)32)37-26(33)17-6-4-16(5-7-17)14-35-3/h4-7,9,11-12,15,19-20,22,24H,8,10,13-14H2,1-3H3,(H,31,32)/t19-,20-,22-,24-,28-,29-/m0/s1. The summed E-state index contributed by atoms with van der Waals surface area (Å²) >= 11 is 0. The molecular weight excluding hydrogens is 492 g/mol. The fourth-order valence-corrected chi connectivity index (χ4v) is 6.84. The Morgan fingerprint density at radius 1 is 1.11 bits per heavy atom. The number of esters is 2. The lowest BCUT2D eigenvalue weighted by Crippen LogP contribution is -2.61. The van der Waals surface area contributed by atoms with E-state index >= 15 is 0 Å². The van der Waals surface area contributed by atoms with Crippen molar-refractivity contribution in [1.82, 2.24) is 0 Å². The largest absolute Gasteiger partial charge is 0.481 e. The van der Waals surface area contributed by atoms with Crippen LogP contribution in [-0.4, -0.2) is 35.9 Å². The fourth-order valence-electron chi connectivity index (χ4n) is 6.84. The molecule has 2 heterocycles. The minimum Gasteiger partial charge on any atom is -0.481 e. The highest BCUT2D eigenvalue weighted by Gasteiger charge is 2.66. The van der Waals surface area contributed by atoms with Crippen LogP contribution in [-0.2, 0) is 35.2 Å². The fraction of sp³-hybridized carbons (Fsp3) is 0.448. The van der Waals surface area contributed by atoms with Crippen LogP contribution in [0.5, 0.6) is 0 Å². The van der Waals surface area contributed by atoms with Crippen molar-refractivity contribution in [3.8, 4) is 0 Å². The number of carboxylic acids is 1. The van der Waals surface area contributed by atoms with E-state index in [-0.39, 0.29) is 11.3 Å². The summed E-state index contributed by atoms with van der Waals surface area (Å²) in [4.78, 5) is 52.7. The normalized spacial score (nSPS) is 32.4. The summed E-state index contributed by atoms with van der Waals surface area (Å²) in [5, 5.41) is 10.2. The SMILES string of the molecule is COCc1ccc(C(=O)OC2=C[C@@H](C(=O)O)[C@]3(C)CC[C@H]4C(=O)O[C@H](c5ccoc5)C[C@]4(C)[C@H]3C2=O)cc1. The Balaban J connectivity index is 1.51. The van der Waals surface area contributed by atoms with Crippen molar-refractivity contribution in [2.45, 2.75) is 45.8 Å². The summed E-state index contributed by atoms with van der Waals surface area (Å²) in [6.45, 7) is 4.01. The number of ketones is 1. The Bertz CT molecular complexity index is 1290. The minimum atomic E-state index is -1.12. The molecule has 1 saturated carbocycles. The number of aliphatic carboxylic acids is 1. The lowest BCUT2D eigenvalue weighted by molar-refractivity contribution is -0.197. The first kappa shape index (κ1) is 25.9. The first-order valence-electron chi connectivity index (χ1n) is 12.6.